The van der Waals surface area contributed by atoms with Crippen LogP contribution in [0.4, 0.5) is 5.69 Å². The van der Waals surface area contributed by atoms with Gasteiger partial charge < -0.3 is 4.90 Å². The van der Waals surface area contributed by atoms with E-state index in [1.165, 1.54) is 45.1 Å². The number of hydrogen-bond acceptors (Lipinski definition) is 2. The van der Waals surface area contributed by atoms with Gasteiger partial charge in [0.2, 0.25) is 0 Å². The van der Waals surface area contributed by atoms with Gasteiger partial charge in [0.25, 0.3) is 0 Å². The Morgan fingerprint density at radius 3 is 2.29 bits per heavy atom. The van der Waals surface area contributed by atoms with Crippen LogP contribution in [0.25, 0.3) is 0 Å². The molecule has 134 valence electrons. The average Bonchev–Trinajstić information content (AvgIpc) is 2.63. The molecular formula is C20H30Cl2N2. The summed E-state index contributed by atoms with van der Waals surface area (Å²) in [6.07, 6.45) is 8.59. The Morgan fingerprint density at radius 2 is 1.62 bits per heavy atom. The Kier molecular flexibility index (Phi) is 6.71. The molecule has 0 atom stereocenters. The van der Waals surface area contributed by atoms with Gasteiger partial charge in [-0.1, -0.05) is 68.3 Å². The zero-order valence-electron chi connectivity index (χ0n) is 14.8. The number of rotatable bonds is 5. The third-order valence-electron chi connectivity index (χ3n) is 6.04. The fourth-order valence-electron chi connectivity index (χ4n) is 4.24. The molecule has 4 heteroatoms. The molecule has 1 aliphatic heterocycles. The summed E-state index contributed by atoms with van der Waals surface area (Å²) >= 11 is 12.5. The van der Waals surface area contributed by atoms with Gasteiger partial charge in [-0.2, -0.15) is 0 Å². The summed E-state index contributed by atoms with van der Waals surface area (Å²) in [4.78, 5) is 5.00. The molecule has 1 aromatic carbocycles. The largest absolute Gasteiger partial charge is 0.368 e. The highest BCUT2D eigenvalue weighted by Gasteiger charge is 2.23. The smallest absolute Gasteiger partial charge is 0.0825 e. The van der Waals surface area contributed by atoms with Gasteiger partial charge in [0.1, 0.15) is 0 Å². The minimum atomic E-state index is 0.652. The molecule has 3 rings (SSSR count). The summed E-state index contributed by atoms with van der Waals surface area (Å²) in [6, 6.07) is 5.93. The molecule has 0 radical (unpaired) electrons. The van der Waals surface area contributed by atoms with E-state index in [9.17, 15) is 0 Å². The first-order valence-corrected chi connectivity index (χ1v) is 10.3. The van der Waals surface area contributed by atoms with Crippen LogP contribution in [-0.2, 0) is 0 Å². The minimum Gasteiger partial charge on any atom is -0.368 e. The van der Waals surface area contributed by atoms with Crippen LogP contribution in [0.15, 0.2) is 18.2 Å². The van der Waals surface area contributed by atoms with Crippen molar-refractivity contribution in [2.75, 3.05) is 37.6 Å². The highest BCUT2D eigenvalue weighted by molar-refractivity contribution is 6.43. The third kappa shape index (κ3) is 4.59. The predicted molar refractivity (Wildman–Crippen MR) is 105 cm³/mol. The molecule has 1 heterocycles. The zero-order chi connectivity index (χ0) is 16.9. The summed E-state index contributed by atoms with van der Waals surface area (Å²) < 4.78 is 0. The molecule has 1 saturated heterocycles. The number of anilines is 1. The van der Waals surface area contributed by atoms with Crippen LogP contribution in [0, 0.1) is 11.8 Å². The van der Waals surface area contributed by atoms with E-state index in [0.29, 0.717) is 10.0 Å². The summed E-state index contributed by atoms with van der Waals surface area (Å²) in [6.45, 7) is 7.96. The molecule has 1 saturated carbocycles. The fraction of sp³-hybridized carbons (Fsp3) is 0.700. The molecule has 0 amide bonds. The lowest BCUT2D eigenvalue weighted by molar-refractivity contribution is 0.203. The van der Waals surface area contributed by atoms with Crippen molar-refractivity contribution in [1.82, 2.24) is 4.90 Å². The van der Waals surface area contributed by atoms with E-state index >= 15 is 0 Å². The molecule has 0 N–H and O–H groups in total. The summed E-state index contributed by atoms with van der Waals surface area (Å²) in [5.74, 6) is 1.97. The highest BCUT2D eigenvalue weighted by Crippen LogP contribution is 2.34. The summed E-state index contributed by atoms with van der Waals surface area (Å²) in [5.41, 5.74) is 1.08. The van der Waals surface area contributed by atoms with Crippen molar-refractivity contribution in [2.45, 2.75) is 45.4 Å². The van der Waals surface area contributed by atoms with E-state index < -0.39 is 0 Å². The second-order valence-electron chi connectivity index (χ2n) is 7.49. The molecule has 1 aromatic rings. The Balaban J connectivity index is 1.42. The van der Waals surface area contributed by atoms with Gasteiger partial charge in [0.15, 0.2) is 0 Å². The number of benzene rings is 1. The van der Waals surface area contributed by atoms with Gasteiger partial charge in [-0.25, -0.2) is 0 Å². The van der Waals surface area contributed by atoms with Crippen molar-refractivity contribution in [1.29, 1.82) is 0 Å². The van der Waals surface area contributed by atoms with Crippen LogP contribution in [-0.4, -0.2) is 37.6 Å². The molecule has 1 aliphatic carbocycles. The monoisotopic (exact) mass is 368 g/mol. The van der Waals surface area contributed by atoms with E-state index in [2.05, 4.69) is 22.8 Å². The van der Waals surface area contributed by atoms with Gasteiger partial charge in [-0.3, -0.25) is 4.90 Å². The molecule has 0 bridgehead atoms. The molecule has 2 nitrogen and oxygen atoms in total. The van der Waals surface area contributed by atoms with Crippen LogP contribution in [0.1, 0.15) is 45.4 Å². The zero-order valence-corrected chi connectivity index (χ0v) is 16.3. The van der Waals surface area contributed by atoms with Crippen molar-refractivity contribution in [2.24, 2.45) is 11.8 Å². The highest BCUT2D eigenvalue weighted by atomic mass is 35.5. The first-order valence-electron chi connectivity index (χ1n) is 9.58. The van der Waals surface area contributed by atoms with E-state index in [4.69, 9.17) is 23.2 Å². The quantitative estimate of drug-likeness (QED) is 0.655. The van der Waals surface area contributed by atoms with Crippen LogP contribution < -0.4 is 4.90 Å². The van der Waals surface area contributed by atoms with E-state index in [-0.39, 0.29) is 0 Å². The SMILES string of the molecule is CCC1CCC(CCN2CCN(c3cccc(Cl)c3Cl)CC2)CC1. The Bertz CT molecular complexity index is 518. The van der Waals surface area contributed by atoms with Crippen LogP contribution in [0.5, 0.6) is 0 Å². The number of hydrogen-bond donors (Lipinski definition) is 0. The van der Waals surface area contributed by atoms with Gasteiger partial charge >= 0.3 is 0 Å². The Labute approximate surface area is 157 Å². The van der Waals surface area contributed by atoms with Gasteiger partial charge in [0, 0.05) is 26.2 Å². The van der Waals surface area contributed by atoms with E-state index in [0.717, 1.165) is 43.7 Å². The van der Waals surface area contributed by atoms with E-state index in [1.54, 1.807) is 0 Å². The maximum Gasteiger partial charge on any atom is 0.0825 e. The van der Waals surface area contributed by atoms with Gasteiger partial charge in [-0.15, -0.1) is 0 Å². The van der Waals surface area contributed by atoms with Crippen molar-refractivity contribution in [3.63, 3.8) is 0 Å². The van der Waals surface area contributed by atoms with E-state index in [1.807, 2.05) is 12.1 Å². The fourth-order valence-corrected chi connectivity index (χ4v) is 4.66. The summed E-state index contributed by atoms with van der Waals surface area (Å²) in [5, 5.41) is 1.35. The summed E-state index contributed by atoms with van der Waals surface area (Å²) in [7, 11) is 0. The van der Waals surface area contributed by atoms with Crippen molar-refractivity contribution in [3.05, 3.63) is 28.2 Å². The number of nitrogens with zero attached hydrogens (tertiary/aromatic N) is 2. The third-order valence-corrected chi connectivity index (χ3v) is 6.85. The Hall–Kier alpha value is -0.440. The molecule has 2 fully saturated rings. The standard InChI is InChI=1S/C20H30Cl2N2/c1-2-16-6-8-17(9-7-16)10-11-23-12-14-24(15-13-23)19-5-3-4-18(21)20(19)22/h3-5,16-17H,2,6-15H2,1H3. The Morgan fingerprint density at radius 1 is 0.958 bits per heavy atom. The topological polar surface area (TPSA) is 6.48 Å². The molecule has 0 unspecified atom stereocenters. The molecule has 0 spiro atoms. The number of halogens is 2. The lowest BCUT2D eigenvalue weighted by Gasteiger charge is -2.37. The van der Waals surface area contributed by atoms with Gasteiger partial charge in [-0.05, 0) is 36.9 Å². The van der Waals surface area contributed by atoms with Crippen molar-refractivity contribution in [3.8, 4) is 0 Å². The van der Waals surface area contributed by atoms with Crippen LogP contribution >= 0.6 is 23.2 Å². The first kappa shape index (κ1) is 18.4. The number of piperazine rings is 1. The maximum atomic E-state index is 6.36. The second-order valence-corrected chi connectivity index (χ2v) is 8.27. The first-order chi connectivity index (χ1) is 11.7. The van der Waals surface area contributed by atoms with Crippen molar-refractivity contribution < 1.29 is 0 Å². The van der Waals surface area contributed by atoms with Crippen LogP contribution in [0.2, 0.25) is 10.0 Å². The minimum absolute atomic E-state index is 0.652. The maximum absolute atomic E-state index is 6.36. The van der Waals surface area contributed by atoms with Gasteiger partial charge in [0.05, 0.1) is 15.7 Å². The lowest BCUT2D eigenvalue weighted by Crippen LogP contribution is -2.47. The second kappa shape index (κ2) is 8.78. The predicted octanol–water partition coefficient (Wildman–Crippen LogP) is 5.72. The average molecular weight is 369 g/mol. The van der Waals surface area contributed by atoms with Crippen LogP contribution in [0.3, 0.4) is 0 Å². The normalized spacial score (nSPS) is 25.9. The molecule has 0 aromatic heterocycles. The van der Waals surface area contributed by atoms with Crippen molar-refractivity contribution >= 4 is 28.9 Å². The molecule has 24 heavy (non-hydrogen) atoms. The molecular weight excluding hydrogens is 339 g/mol. The lowest BCUT2D eigenvalue weighted by atomic mass is 9.79. The molecule has 2 aliphatic rings.